The van der Waals surface area contributed by atoms with Crippen LogP contribution in [0.3, 0.4) is 0 Å². The summed E-state index contributed by atoms with van der Waals surface area (Å²) in [4.78, 5) is 52.8. The molecule has 0 bridgehead atoms. The molecular weight excluding hydrogens is 793 g/mol. The van der Waals surface area contributed by atoms with Crippen molar-refractivity contribution in [2.24, 2.45) is 17.0 Å². The fourth-order valence-electron chi connectivity index (χ4n) is 5.23. The summed E-state index contributed by atoms with van der Waals surface area (Å²) in [6, 6.07) is 8.55. The molecule has 0 spiro atoms. The van der Waals surface area contributed by atoms with E-state index >= 15 is 0 Å². The Kier molecular flexibility index (Phi) is 16.1. The molecule has 2 aliphatic carbocycles. The molecule has 0 radical (unpaired) electrons. The lowest BCUT2D eigenvalue weighted by Crippen LogP contribution is -2.40. The van der Waals surface area contributed by atoms with Gasteiger partial charge in [0.25, 0.3) is 0 Å². The number of carbonyl (C=O) groups excluding carboxylic acids is 4. The molecule has 1 atom stereocenters. The number of hydrogen-bond donors (Lipinski definition) is 1. The van der Waals surface area contributed by atoms with Crippen LogP contribution < -0.4 is 19.1 Å². The fraction of sp³-hybridized carbons (Fsp3) is 0.475. The monoisotopic (exact) mass is 838 g/mol. The number of anilines is 1. The summed E-state index contributed by atoms with van der Waals surface area (Å²) < 4.78 is 59.5. The third-order valence-corrected chi connectivity index (χ3v) is 9.18. The third kappa shape index (κ3) is 14.5. The number of hydrogen-bond acceptors (Lipinski definition) is 12. The predicted molar refractivity (Wildman–Crippen MR) is 206 cm³/mol. The van der Waals surface area contributed by atoms with Gasteiger partial charge in [0.2, 0.25) is 5.91 Å². The first-order chi connectivity index (χ1) is 27.0. The maximum atomic E-state index is 13.3. The average molecular weight is 840 g/mol. The molecule has 1 N–H and O–H groups in total. The molecule has 57 heavy (non-hydrogen) atoms. The van der Waals surface area contributed by atoms with Gasteiger partial charge in [-0.3, -0.25) is 14.4 Å². The molecule has 0 heterocycles. The second-order valence-electron chi connectivity index (χ2n) is 14.5. The lowest BCUT2D eigenvalue weighted by Gasteiger charge is -2.27. The van der Waals surface area contributed by atoms with Crippen LogP contribution in [0.4, 0.5) is 19.3 Å². The van der Waals surface area contributed by atoms with Crippen molar-refractivity contribution in [2.75, 3.05) is 18.1 Å². The summed E-state index contributed by atoms with van der Waals surface area (Å²) >= 11 is 12.8. The summed E-state index contributed by atoms with van der Waals surface area (Å²) in [7, 11) is 0. The number of imide groups is 1. The first kappa shape index (κ1) is 44.8. The van der Waals surface area contributed by atoms with E-state index < -0.39 is 48.7 Å². The average Bonchev–Trinajstić information content (AvgIpc) is 4.07. The Hall–Kier alpha value is -4.89. The lowest BCUT2D eigenvalue weighted by molar-refractivity contribution is -0.158. The Balaban J connectivity index is 1.53. The molecule has 0 saturated heterocycles. The largest absolute Gasteiger partial charge is 0.491 e. The van der Waals surface area contributed by atoms with Gasteiger partial charge in [0.05, 0.1) is 30.1 Å². The van der Waals surface area contributed by atoms with Crippen molar-refractivity contribution in [2.45, 2.75) is 98.1 Å². The lowest BCUT2D eigenvalue weighted by atomic mass is 9.99. The number of rotatable bonds is 19. The van der Waals surface area contributed by atoms with Gasteiger partial charge in [-0.05, 0) is 106 Å². The number of carbonyl (C=O) groups is 4. The van der Waals surface area contributed by atoms with E-state index in [0.717, 1.165) is 36.8 Å². The molecule has 2 saturated carbocycles. The zero-order valence-corrected chi connectivity index (χ0v) is 33.7. The van der Waals surface area contributed by atoms with Crippen molar-refractivity contribution in [3.05, 3.63) is 69.2 Å². The molecule has 2 aromatic carbocycles. The summed E-state index contributed by atoms with van der Waals surface area (Å²) in [6.07, 6.45) is 3.09. The van der Waals surface area contributed by atoms with Crippen molar-refractivity contribution < 1.29 is 61.6 Å². The molecular formula is C40H46Cl2F2N2O11. The normalized spacial score (nSPS) is 15.4. The van der Waals surface area contributed by atoms with Crippen LogP contribution in [0, 0.1) is 11.8 Å². The number of halogens is 4. The van der Waals surface area contributed by atoms with Gasteiger partial charge in [0.1, 0.15) is 30.5 Å². The van der Waals surface area contributed by atoms with Crippen LogP contribution in [0.2, 0.25) is 0 Å². The fourth-order valence-corrected chi connectivity index (χ4v) is 5.68. The molecule has 17 heteroatoms. The molecule has 0 aliphatic heterocycles. The van der Waals surface area contributed by atoms with E-state index in [1.807, 2.05) is 0 Å². The minimum Gasteiger partial charge on any atom is -0.491 e. The van der Waals surface area contributed by atoms with E-state index in [2.05, 4.69) is 9.89 Å². The quantitative estimate of drug-likeness (QED) is 0.0273. The second-order valence-corrected chi connectivity index (χ2v) is 15.3. The molecule has 2 amide bonds. The highest BCUT2D eigenvalue weighted by atomic mass is 35.5. The topological polar surface area (TPSA) is 159 Å². The van der Waals surface area contributed by atoms with Gasteiger partial charge in [0, 0.05) is 18.4 Å². The van der Waals surface area contributed by atoms with E-state index in [-0.39, 0.29) is 69.7 Å². The summed E-state index contributed by atoms with van der Waals surface area (Å²) in [5.41, 5.74) is 0.160. The second kappa shape index (κ2) is 20.5. The van der Waals surface area contributed by atoms with Gasteiger partial charge >= 0.3 is 24.6 Å². The Morgan fingerprint density at radius 2 is 1.60 bits per heavy atom. The maximum absolute atomic E-state index is 13.3. The number of amides is 2. The van der Waals surface area contributed by atoms with Crippen LogP contribution in [0.5, 0.6) is 17.2 Å². The standard InChI is InChI=1S/C40H46Cl2F2N2O11/c1-6-29(41)28(30(42)19-45-51)17-33(27-12-14-32(56-38(43)44)35(16-27)53-21-25-9-10-25)55-37(49)18-36(48)54-22-26-11-13-31(34(15-26)52-20-24-7-8-24)46(23(2)47)39(50)57-40(3,4)5/h6,11-16,19,24-25,33,38,51H,7-10,17-18,20-22H2,1-5H3/b29-6+,30-28+,45-19+/t33-/m0/s1. The highest BCUT2D eigenvalue weighted by molar-refractivity contribution is 6.42. The van der Waals surface area contributed by atoms with E-state index in [9.17, 15) is 28.0 Å². The van der Waals surface area contributed by atoms with E-state index in [4.69, 9.17) is 52.1 Å². The third-order valence-electron chi connectivity index (χ3n) is 8.41. The predicted octanol–water partition coefficient (Wildman–Crippen LogP) is 9.36. The van der Waals surface area contributed by atoms with Gasteiger partial charge < -0.3 is 33.6 Å². The van der Waals surface area contributed by atoms with Crippen LogP contribution in [0.1, 0.15) is 90.4 Å². The molecule has 13 nitrogen and oxygen atoms in total. The Bertz CT molecular complexity index is 1870. The Morgan fingerprint density at radius 1 is 0.947 bits per heavy atom. The van der Waals surface area contributed by atoms with Crippen LogP contribution in [0.25, 0.3) is 0 Å². The SMILES string of the molecule is C\C=C(Cl)/C(C[C@H](OC(=O)CC(=O)OCc1ccc(N(C(C)=O)C(=O)OC(C)(C)C)c(OCC2CC2)c1)c1ccc(OC(F)F)c(OCC2CC2)c1)=C(Cl)\C=N\O. The molecule has 0 aromatic heterocycles. The maximum Gasteiger partial charge on any atom is 0.421 e. The number of alkyl halides is 2. The Morgan fingerprint density at radius 3 is 2.16 bits per heavy atom. The molecule has 0 unspecified atom stereocenters. The van der Waals surface area contributed by atoms with E-state index in [1.165, 1.54) is 49.4 Å². The number of ether oxygens (including phenoxy) is 6. The van der Waals surface area contributed by atoms with Crippen molar-refractivity contribution in [3.63, 3.8) is 0 Å². The zero-order valence-electron chi connectivity index (χ0n) is 32.2. The van der Waals surface area contributed by atoms with Gasteiger partial charge in [-0.2, -0.15) is 8.78 Å². The highest BCUT2D eigenvalue weighted by Crippen LogP contribution is 2.40. The molecule has 2 aliphatic rings. The van der Waals surface area contributed by atoms with Crippen molar-refractivity contribution >= 4 is 59.0 Å². The highest BCUT2D eigenvalue weighted by Gasteiger charge is 2.31. The zero-order chi connectivity index (χ0) is 41.9. The minimum absolute atomic E-state index is 0.0187. The van der Waals surface area contributed by atoms with Crippen LogP contribution >= 0.6 is 23.2 Å². The molecule has 310 valence electrons. The summed E-state index contributed by atoms with van der Waals surface area (Å²) in [5.74, 6) is -2.04. The first-order valence-corrected chi connectivity index (χ1v) is 19.0. The van der Waals surface area contributed by atoms with Crippen molar-refractivity contribution in [3.8, 4) is 17.2 Å². The summed E-state index contributed by atoms with van der Waals surface area (Å²) in [5, 5.41) is 12.1. The van der Waals surface area contributed by atoms with E-state index in [1.54, 1.807) is 27.7 Å². The minimum atomic E-state index is -3.13. The van der Waals surface area contributed by atoms with Crippen LogP contribution in [0.15, 0.2) is 63.3 Å². The van der Waals surface area contributed by atoms with Crippen molar-refractivity contribution in [1.29, 1.82) is 0 Å². The molecule has 2 fully saturated rings. The molecule has 2 aromatic rings. The van der Waals surface area contributed by atoms with Gasteiger partial charge in [-0.15, -0.1) is 0 Å². The van der Waals surface area contributed by atoms with Crippen LogP contribution in [-0.2, 0) is 35.2 Å². The van der Waals surface area contributed by atoms with E-state index in [0.29, 0.717) is 18.1 Å². The van der Waals surface area contributed by atoms with Gasteiger partial charge in [0.15, 0.2) is 11.5 Å². The number of oxime groups is 1. The number of esters is 2. The van der Waals surface area contributed by atoms with Crippen LogP contribution in [-0.4, -0.2) is 60.8 Å². The van der Waals surface area contributed by atoms with Crippen molar-refractivity contribution in [1.82, 2.24) is 0 Å². The van der Waals surface area contributed by atoms with Gasteiger partial charge in [-0.25, -0.2) is 9.69 Å². The number of benzene rings is 2. The number of nitrogens with zero attached hydrogens (tertiary/aromatic N) is 2. The first-order valence-electron chi connectivity index (χ1n) is 18.2. The van der Waals surface area contributed by atoms with Gasteiger partial charge in [-0.1, -0.05) is 46.6 Å². The summed E-state index contributed by atoms with van der Waals surface area (Å²) in [6.45, 7) is 5.01. The Labute approximate surface area is 339 Å². The number of allylic oxidation sites excluding steroid dienone is 3. The molecule has 4 rings (SSSR count). The smallest absolute Gasteiger partial charge is 0.421 e.